The average Bonchev–Trinajstić information content (AvgIpc) is 2.09. The van der Waals surface area contributed by atoms with E-state index in [0.29, 0.717) is 0 Å². The summed E-state index contributed by atoms with van der Waals surface area (Å²) in [5, 5.41) is 1.43. The Morgan fingerprint density at radius 1 is 1.14 bits per heavy atom. The number of urea groups is 1. The second kappa shape index (κ2) is 3.52. The van der Waals surface area contributed by atoms with E-state index >= 15 is 0 Å². The second-order valence-electron chi connectivity index (χ2n) is 2.33. The molecule has 3 nitrogen and oxygen atoms in total. The van der Waals surface area contributed by atoms with Crippen molar-refractivity contribution < 1.29 is 22.4 Å². The third-order valence-corrected chi connectivity index (χ3v) is 1.36. The van der Waals surface area contributed by atoms with Gasteiger partial charge in [-0.3, -0.25) is 0 Å². The van der Waals surface area contributed by atoms with Crippen molar-refractivity contribution in [3.8, 4) is 0 Å². The molecule has 1 rings (SSSR count). The predicted molar refractivity (Wildman–Crippen MR) is 39.5 cm³/mol. The van der Waals surface area contributed by atoms with Gasteiger partial charge in [-0.1, -0.05) is 0 Å². The second-order valence-corrected chi connectivity index (χ2v) is 2.33. The lowest BCUT2D eigenvalue weighted by Gasteiger charge is -2.05. The Labute approximate surface area is 75.5 Å². The number of nitrogens with two attached hydrogens (primary N) is 1. The van der Waals surface area contributed by atoms with Gasteiger partial charge < -0.3 is 11.1 Å². The molecule has 3 N–H and O–H groups in total. The van der Waals surface area contributed by atoms with Crippen LogP contribution in [0.3, 0.4) is 0 Å². The molecule has 0 saturated carbocycles. The van der Waals surface area contributed by atoms with Crippen LogP contribution in [0.4, 0.5) is 28.0 Å². The molecule has 0 radical (unpaired) electrons. The molecule has 1 aromatic carbocycles. The zero-order valence-electron chi connectivity index (χ0n) is 6.57. The smallest absolute Gasteiger partial charge is 0.316 e. The summed E-state index contributed by atoms with van der Waals surface area (Å²) in [5.74, 6) is -6.65. The summed E-state index contributed by atoms with van der Waals surface area (Å²) >= 11 is 0. The van der Waals surface area contributed by atoms with Crippen molar-refractivity contribution in [1.82, 2.24) is 0 Å². The highest BCUT2D eigenvalue weighted by Gasteiger charge is 2.19. The van der Waals surface area contributed by atoms with Gasteiger partial charge in [-0.2, -0.15) is 0 Å². The summed E-state index contributed by atoms with van der Waals surface area (Å²) in [5.41, 5.74) is 3.29. The minimum absolute atomic E-state index is 0.0246. The van der Waals surface area contributed by atoms with Gasteiger partial charge in [0.1, 0.15) is 5.69 Å². The molecule has 0 unspecified atom stereocenters. The molecular formula is C7H4F4N2O. The molecule has 14 heavy (non-hydrogen) atoms. The van der Waals surface area contributed by atoms with E-state index in [9.17, 15) is 22.4 Å². The number of nitrogens with one attached hydrogen (secondary N) is 1. The molecule has 0 spiro atoms. The van der Waals surface area contributed by atoms with E-state index in [2.05, 4.69) is 5.73 Å². The van der Waals surface area contributed by atoms with Gasteiger partial charge in [0.05, 0.1) is 0 Å². The van der Waals surface area contributed by atoms with E-state index in [1.54, 1.807) is 0 Å². The number of primary amides is 1. The maximum Gasteiger partial charge on any atom is 0.316 e. The van der Waals surface area contributed by atoms with Crippen molar-refractivity contribution in [3.05, 3.63) is 29.3 Å². The van der Waals surface area contributed by atoms with E-state index < -0.39 is 35.0 Å². The molecule has 7 heteroatoms. The van der Waals surface area contributed by atoms with E-state index in [1.807, 2.05) is 0 Å². The lowest BCUT2D eigenvalue weighted by atomic mass is 10.2. The van der Waals surface area contributed by atoms with Crippen LogP contribution in [0, 0.1) is 23.3 Å². The molecule has 0 atom stereocenters. The minimum atomic E-state index is -1.71. The molecule has 0 aliphatic rings. The number of benzene rings is 1. The molecule has 0 aliphatic heterocycles. The molecule has 0 fully saturated rings. The van der Waals surface area contributed by atoms with Gasteiger partial charge in [-0.05, 0) is 0 Å². The number of anilines is 1. The Kier molecular flexibility index (Phi) is 2.59. The number of carbonyl (C=O) groups excluding carboxylic acids is 1. The van der Waals surface area contributed by atoms with Crippen LogP contribution in [0.5, 0.6) is 0 Å². The number of hydrogen-bond acceptors (Lipinski definition) is 1. The topological polar surface area (TPSA) is 55.1 Å². The van der Waals surface area contributed by atoms with Crippen molar-refractivity contribution >= 4 is 11.7 Å². The van der Waals surface area contributed by atoms with Crippen molar-refractivity contribution in [2.24, 2.45) is 5.73 Å². The van der Waals surface area contributed by atoms with E-state index in [0.717, 1.165) is 0 Å². The lowest BCUT2D eigenvalue weighted by molar-refractivity contribution is 0.259. The Balaban J connectivity index is 3.31. The van der Waals surface area contributed by atoms with E-state index in [1.165, 1.54) is 5.32 Å². The Bertz CT molecular complexity index is 368. The minimum Gasteiger partial charge on any atom is -0.351 e. The molecule has 2 amide bonds. The van der Waals surface area contributed by atoms with Crippen LogP contribution in [0.25, 0.3) is 0 Å². The molecule has 0 aromatic heterocycles. The van der Waals surface area contributed by atoms with Gasteiger partial charge in [0.2, 0.25) is 0 Å². The standard InChI is InChI=1S/C7H4F4N2O/c8-2-1-3(9)5(11)6(4(2)10)13-7(12)14/h1H,(H3,12,13,14). The van der Waals surface area contributed by atoms with Crippen LogP contribution in [0.2, 0.25) is 0 Å². The van der Waals surface area contributed by atoms with Crippen molar-refractivity contribution in [2.45, 2.75) is 0 Å². The Morgan fingerprint density at radius 2 is 1.57 bits per heavy atom. The zero-order valence-corrected chi connectivity index (χ0v) is 6.57. The van der Waals surface area contributed by atoms with Crippen LogP contribution in [0.15, 0.2) is 6.07 Å². The number of halogens is 4. The third kappa shape index (κ3) is 1.76. The normalized spacial score (nSPS) is 10.0. The maximum atomic E-state index is 12.8. The predicted octanol–water partition coefficient (Wildman–Crippen LogP) is 1.73. The van der Waals surface area contributed by atoms with Crippen LogP contribution in [0.1, 0.15) is 0 Å². The lowest BCUT2D eigenvalue weighted by Crippen LogP contribution is -2.21. The quantitative estimate of drug-likeness (QED) is 0.536. The summed E-state index contributed by atoms with van der Waals surface area (Å²) in [6.07, 6.45) is 0. The van der Waals surface area contributed by atoms with Gasteiger partial charge >= 0.3 is 6.03 Å². The third-order valence-electron chi connectivity index (χ3n) is 1.36. The molecule has 1 aromatic rings. The molecular weight excluding hydrogens is 204 g/mol. The summed E-state index contributed by atoms with van der Waals surface area (Å²) in [6, 6.07) is -1.30. The fourth-order valence-electron chi connectivity index (χ4n) is 0.806. The first kappa shape index (κ1) is 10.3. The highest BCUT2D eigenvalue weighted by Crippen LogP contribution is 2.23. The first-order valence-electron chi connectivity index (χ1n) is 3.33. The number of amides is 2. The fraction of sp³-hybridized carbons (Fsp3) is 0. The molecule has 0 aliphatic carbocycles. The maximum absolute atomic E-state index is 12.8. The van der Waals surface area contributed by atoms with Gasteiger partial charge in [0, 0.05) is 6.07 Å². The fourth-order valence-corrected chi connectivity index (χ4v) is 0.806. The molecule has 76 valence electrons. The number of carbonyl (C=O) groups is 1. The van der Waals surface area contributed by atoms with Crippen molar-refractivity contribution in [3.63, 3.8) is 0 Å². The SMILES string of the molecule is NC(=O)Nc1c(F)c(F)cc(F)c1F. The van der Waals surface area contributed by atoms with Gasteiger partial charge in [-0.25, -0.2) is 22.4 Å². The summed E-state index contributed by atoms with van der Waals surface area (Å²) in [7, 11) is 0. The summed E-state index contributed by atoms with van der Waals surface area (Å²) in [6.45, 7) is 0. The van der Waals surface area contributed by atoms with E-state index in [4.69, 9.17) is 0 Å². The molecule has 0 saturated heterocycles. The summed E-state index contributed by atoms with van der Waals surface area (Å²) in [4.78, 5) is 10.2. The zero-order chi connectivity index (χ0) is 10.9. The molecule has 0 heterocycles. The van der Waals surface area contributed by atoms with Crippen molar-refractivity contribution in [1.29, 1.82) is 0 Å². The highest BCUT2D eigenvalue weighted by molar-refractivity contribution is 5.88. The largest absolute Gasteiger partial charge is 0.351 e. The van der Waals surface area contributed by atoms with Crippen LogP contribution in [-0.4, -0.2) is 6.03 Å². The first-order chi connectivity index (χ1) is 6.43. The average molecular weight is 208 g/mol. The van der Waals surface area contributed by atoms with Gasteiger partial charge in [-0.15, -0.1) is 0 Å². The monoisotopic (exact) mass is 208 g/mol. The van der Waals surface area contributed by atoms with Crippen molar-refractivity contribution in [2.75, 3.05) is 5.32 Å². The molecule has 0 bridgehead atoms. The number of hydrogen-bond donors (Lipinski definition) is 2. The Hall–Kier alpha value is -1.79. The summed E-state index contributed by atoms with van der Waals surface area (Å²) < 4.78 is 50.5. The van der Waals surface area contributed by atoms with E-state index in [-0.39, 0.29) is 6.07 Å². The van der Waals surface area contributed by atoms with Crippen LogP contribution >= 0.6 is 0 Å². The Morgan fingerprint density at radius 3 is 1.93 bits per heavy atom. The van der Waals surface area contributed by atoms with Gasteiger partial charge in [0.25, 0.3) is 0 Å². The van der Waals surface area contributed by atoms with Gasteiger partial charge in [0.15, 0.2) is 23.3 Å². The first-order valence-corrected chi connectivity index (χ1v) is 3.33. The number of rotatable bonds is 1. The van der Waals surface area contributed by atoms with Crippen LogP contribution in [-0.2, 0) is 0 Å². The van der Waals surface area contributed by atoms with Crippen LogP contribution < -0.4 is 11.1 Å². The highest BCUT2D eigenvalue weighted by atomic mass is 19.2.